The quantitative estimate of drug-likeness (QED) is 0.0255. The lowest BCUT2D eigenvalue weighted by molar-refractivity contribution is -0.148. The molecule has 0 radical (unpaired) electrons. The zero-order valence-corrected chi connectivity index (χ0v) is 55.4. The van der Waals surface area contributed by atoms with Crippen LogP contribution in [0, 0.1) is 5.92 Å². The number of aliphatic hydroxyl groups is 5. The van der Waals surface area contributed by atoms with Gasteiger partial charge in [0.15, 0.2) is 6.10 Å². The standard InChI is InChI=1S/C69H144N8O7/c1-70-50-40-42-52-72-54-44-46-56-74-60-63(61-75-57-47-45-55-73-53-43-41-51-71-2)48-36-33-35-38-58-76-65(80)49-37-32-30-28-26-24-22-20-18-16-14-12-10-8-6-4-3-5-7-9-11-13-15-17-19-21-23-25-27-29-31-34-39-59-77-69(84)68(83)67(82)66(81)64(79)62-78/h63-64,66-68,70-75,78-79,81-83H,3-62H2,1-2H3,(H,76,80)(H,77,84)/t64-,66-,67+,68-/m1/s1. The highest BCUT2D eigenvalue weighted by molar-refractivity contribution is 5.81. The molecule has 0 fully saturated rings. The first kappa shape index (κ1) is 82.5. The summed E-state index contributed by atoms with van der Waals surface area (Å²) in [5.74, 6) is 0.139. The van der Waals surface area contributed by atoms with Crippen LogP contribution in [-0.2, 0) is 9.59 Å². The number of nitrogens with one attached hydrogen (secondary N) is 8. The molecule has 0 aliphatic carbocycles. The third kappa shape index (κ3) is 60.8. The van der Waals surface area contributed by atoms with Crippen LogP contribution in [0.15, 0.2) is 0 Å². The van der Waals surface area contributed by atoms with Crippen LogP contribution in [0.1, 0.15) is 302 Å². The summed E-state index contributed by atoms with van der Waals surface area (Å²) >= 11 is 0. The lowest BCUT2D eigenvalue weighted by Crippen LogP contribution is -2.51. The second-order valence-electron chi connectivity index (χ2n) is 25.2. The van der Waals surface area contributed by atoms with E-state index < -0.39 is 36.9 Å². The topological polar surface area (TPSA) is 232 Å². The zero-order valence-electron chi connectivity index (χ0n) is 55.4. The normalized spacial score (nSPS) is 13.2. The van der Waals surface area contributed by atoms with Gasteiger partial charge in [-0.15, -0.1) is 0 Å². The SMILES string of the molecule is CNCCCCNCCCCNCC(CCCCCCNC(=O)CCCCCCCCCCCCCCCCCCCCCCCCCCCCCCCCCCCNC(=O)[C@H](O)[C@@H](O)[C@H](O)[C@H](O)CO)CNCCCCNCCCCNC. The molecule has 13 N–H and O–H groups in total. The first-order valence-electron chi connectivity index (χ1n) is 36.3. The molecular weight excluding hydrogens is 1050 g/mol. The summed E-state index contributed by atoms with van der Waals surface area (Å²) < 4.78 is 0. The molecular formula is C69H144N8O7. The Morgan fingerprint density at radius 3 is 0.917 bits per heavy atom. The molecule has 0 heterocycles. The van der Waals surface area contributed by atoms with Crippen LogP contribution in [0.3, 0.4) is 0 Å². The van der Waals surface area contributed by atoms with Gasteiger partial charge in [0.1, 0.15) is 18.3 Å². The highest BCUT2D eigenvalue weighted by Crippen LogP contribution is 2.18. The first-order chi connectivity index (χ1) is 41.3. The molecule has 0 aliphatic heterocycles. The second kappa shape index (κ2) is 69.0. The fourth-order valence-electron chi connectivity index (χ4n) is 11.4. The number of amides is 2. The molecule has 0 saturated carbocycles. The third-order valence-corrected chi connectivity index (χ3v) is 17.1. The highest BCUT2D eigenvalue weighted by Gasteiger charge is 2.34. The number of carbonyl (C=O) groups is 2. The average Bonchev–Trinajstić information content (AvgIpc) is 3.54. The fourth-order valence-corrected chi connectivity index (χ4v) is 11.4. The number of hydrogen-bond donors (Lipinski definition) is 13. The van der Waals surface area contributed by atoms with Gasteiger partial charge in [-0.1, -0.05) is 218 Å². The molecule has 0 spiro atoms. The maximum Gasteiger partial charge on any atom is 0.251 e. The summed E-state index contributed by atoms with van der Waals surface area (Å²) in [5.41, 5.74) is 0. The van der Waals surface area contributed by atoms with Crippen molar-refractivity contribution in [3.05, 3.63) is 0 Å². The Morgan fingerprint density at radius 2 is 0.583 bits per heavy atom. The summed E-state index contributed by atoms with van der Waals surface area (Å²) in [7, 11) is 4.05. The van der Waals surface area contributed by atoms with E-state index in [0.717, 1.165) is 104 Å². The Labute approximate surface area is 518 Å². The molecule has 0 unspecified atom stereocenters. The van der Waals surface area contributed by atoms with E-state index in [-0.39, 0.29) is 5.91 Å². The first-order valence-corrected chi connectivity index (χ1v) is 36.3. The Morgan fingerprint density at radius 1 is 0.310 bits per heavy atom. The Kier molecular flexibility index (Phi) is 67.7. The number of rotatable bonds is 72. The van der Waals surface area contributed by atoms with Crippen molar-refractivity contribution in [3.8, 4) is 0 Å². The van der Waals surface area contributed by atoms with Gasteiger partial charge >= 0.3 is 0 Å². The van der Waals surface area contributed by atoms with E-state index in [1.807, 2.05) is 14.1 Å². The van der Waals surface area contributed by atoms with Gasteiger partial charge in [0, 0.05) is 19.5 Å². The van der Waals surface area contributed by atoms with E-state index in [0.29, 0.717) is 18.9 Å². The monoisotopic (exact) mass is 1200 g/mol. The molecule has 15 nitrogen and oxygen atoms in total. The molecule has 0 saturated heterocycles. The van der Waals surface area contributed by atoms with Crippen molar-refractivity contribution in [2.24, 2.45) is 5.92 Å². The molecule has 15 heteroatoms. The van der Waals surface area contributed by atoms with E-state index in [9.17, 15) is 30.0 Å². The number of carbonyl (C=O) groups excluding carboxylic acids is 2. The van der Waals surface area contributed by atoms with Gasteiger partial charge in [-0.05, 0) is 163 Å². The van der Waals surface area contributed by atoms with Gasteiger partial charge in [0.2, 0.25) is 5.91 Å². The molecule has 0 aromatic carbocycles. The van der Waals surface area contributed by atoms with E-state index in [1.165, 1.54) is 263 Å². The van der Waals surface area contributed by atoms with Crippen LogP contribution in [0.2, 0.25) is 0 Å². The predicted molar refractivity (Wildman–Crippen MR) is 357 cm³/mol. The van der Waals surface area contributed by atoms with Crippen LogP contribution < -0.4 is 42.5 Å². The van der Waals surface area contributed by atoms with Gasteiger partial charge in [0.05, 0.1) is 6.61 Å². The van der Waals surface area contributed by atoms with Crippen LogP contribution in [0.5, 0.6) is 0 Å². The van der Waals surface area contributed by atoms with E-state index in [1.54, 1.807) is 0 Å². The summed E-state index contributed by atoms with van der Waals surface area (Å²) in [6.45, 7) is 11.6. The fraction of sp³-hybridized carbons (Fsp3) is 0.971. The van der Waals surface area contributed by atoms with Gasteiger partial charge in [-0.25, -0.2) is 0 Å². The van der Waals surface area contributed by atoms with E-state index >= 15 is 0 Å². The average molecular weight is 1200 g/mol. The molecule has 4 atom stereocenters. The molecule has 84 heavy (non-hydrogen) atoms. The van der Waals surface area contributed by atoms with Crippen molar-refractivity contribution in [3.63, 3.8) is 0 Å². The zero-order chi connectivity index (χ0) is 61.1. The van der Waals surface area contributed by atoms with Gasteiger partial charge in [-0.3, -0.25) is 9.59 Å². The number of hydrogen-bond acceptors (Lipinski definition) is 13. The Hall–Kier alpha value is -1.50. The van der Waals surface area contributed by atoms with Crippen molar-refractivity contribution < 1.29 is 35.1 Å². The third-order valence-electron chi connectivity index (χ3n) is 17.1. The number of aliphatic hydroxyl groups excluding tert-OH is 5. The molecule has 2 amide bonds. The minimum atomic E-state index is -1.86. The van der Waals surface area contributed by atoms with Crippen LogP contribution in [0.25, 0.3) is 0 Å². The second-order valence-corrected chi connectivity index (χ2v) is 25.2. The smallest absolute Gasteiger partial charge is 0.251 e. The van der Waals surface area contributed by atoms with Crippen molar-refractivity contribution >= 4 is 11.8 Å². The molecule has 0 aromatic heterocycles. The maximum absolute atomic E-state index is 12.5. The highest BCUT2D eigenvalue weighted by atomic mass is 16.4. The van der Waals surface area contributed by atoms with Crippen molar-refractivity contribution in [1.82, 2.24) is 42.5 Å². The predicted octanol–water partition coefficient (Wildman–Crippen LogP) is 11.4. The molecule has 0 bridgehead atoms. The molecule has 0 aromatic rings. The lowest BCUT2D eigenvalue weighted by atomic mass is 10.00. The van der Waals surface area contributed by atoms with Gasteiger partial charge in [-0.2, -0.15) is 0 Å². The largest absolute Gasteiger partial charge is 0.394 e. The van der Waals surface area contributed by atoms with Crippen LogP contribution in [0.4, 0.5) is 0 Å². The molecule has 0 aliphatic rings. The van der Waals surface area contributed by atoms with Crippen molar-refractivity contribution in [2.45, 2.75) is 326 Å². The Bertz CT molecular complexity index is 1290. The van der Waals surface area contributed by atoms with Crippen LogP contribution in [-0.4, -0.2) is 161 Å². The Balaban J connectivity index is 3.56. The van der Waals surface area contributed by atoms with Crippen molar-refractivity contribution in [1.29, 1.82) is 0 Å². The van der Waals surface area contributed by atoms with Crippen molar-refractivity contribution in [2.75, 3.05) is 99.2 Å². The van der Waals surface area contributed by atoms with Gasteiger partial charge in [0.25, 0.3) is 5.91 Å². The minimum absolute atomic E-state index is 0.252. The minimum Gasteiger partial charge on any atom is -0.394 e. The summed E-state index contributed by atoms with van der Waals surface area (Å²) in [6.07, 6.45) is 53.2. The van der Waals surface area contributed by atoms with Gasteiger partial charge < -0.3 is 68.1 Å². The number of unbranched alkanes of at least 4 members (excludes halogenated alkanes) is 39. The summed E-state index contributed by atoms with van der Waals surface area (Å²) in [6, 6.07) is 0. The molecule has 0 rings (SSSR count). The summed E-state index contributed by atoms with van der Waals surface area (Å²) in [5, 5.41) is 74.5. The lowest BCUT2D eigenvalue weighted by Gasteiger charge is -2.24. The van der Waals surface area contributed by atoms with Crippen LogP contribution >= 0.6 is 0 Å². The maximum atomic E-state index is 12.5. The van der Waals surface area contributed by atoms with E-state index in [2.05, 4.69) is 42.5 Å². The molecule has 502 valence electrons. The van der Waals surface area contributed by atoms with E-state index in [4.69, 9.17) is 5.11 Å². The summed E-state index contributed by atoms with van der Waals surface area (Å²) in [4.78, 5) is 24.4.